The number of hydrogen-bond acceptors (Lipinski definition) is 2. The minimum Gasteiger partial charge on any atom is -0.487 e. The second-order valence-electron chi connectivity index (χ2n) is 4.35. The highest BCUT2D eigenvalue weighted by atomic mass is 16.5. The van der Waals surface area contributed by atoms with Gasteiger partial charge in [-0.05, 0) is 50.3 Å². The van der Waals surface area contributed by atoms with Gasteiger partial charge in [-0.25, -0.2) is 0 Å². The SMILES string of the molecule is Cc1cccc(OC2CCCC2O)c1C. The average molecular weight is 206 g/mol. The van der Waals surface area contributed by atoms with Crippen LogP contribution in [0.25, 0.3) is 0 Å². The fourth-order valence-corrected chi connectivity index (χ4v) is 2.06. The molecule has 2 nitrogen and oxygen atoms in total. The molecule has 0 radical (unpaired) electrons. The number of aryl methyl sites for hydroxylation is 1. The Morgan fingerprint density at radius 1 is 1.27 bits per heavy atom. The molecule has 0 saturated heterocycles. The topological polar surface area (TPSA) is 29.5 Å². The van der Waals surface area contributed by atoms with E-state index in [2.05, 4.69) is 19.9 Å². The van der Waals surface area contributed by atoms with Crippen LogP contribution >= 0.6 is 0 Å². The lowest BCUT2D eigenvalue weighted by atomic mass is 10.1. The molecule has 1 fully saturated rings. The molecule has 0 aromatic heterocycles. The molecule has 0 spiro atoms. The molecule has 2 unspecified atom stereocenters. The van der Waals surface area contributed by atoms with E-state index >= 15 is 0 Å². The lowest BCUT2D eigenvalue weighted by Crippen LogP contribution is -2.25. The summed E-state index contributed by atoms with van der Waals surface area (Å²) < 4.78 is 5.85. The summed E-state index contributed by atoms with van der Waals surface area (Å²) in [4.78, 5) is 0. The first-order chi connectivity index (χ1) is 7.18. The molecule has 15 heavy (non-hydrogen) atoms. The number of ether oxygens (including phenoxy) is 1. The fourth-order valence-electron chi connectivity index (χ4n) is 2.06. The van der Waals surface area contributed by atoms with Crippen LogP contribution in [-0.4, -0.2) is 17.3 Å². The van der Waals surface area contributed by atoms with Crippen molar-refractivity contribution >= 4 is 0 Å². The summed E-state index contributed by atoms with van der Waals surface area (Å²) in [6.45, 7) is 4.14. The van der Waals surface area contributed by atoms with E-state index in [0.717, 1.165) is 25.0 Å². The highest BCUT2D eigenvalue weighted by Gasteiger charge is 2.27. The van der Waals surface area contributed by atoms with Crippen molar-refractivity contribution < 1.29 is 9.84 Å². The van der Waals surface area contributed by atoms with Crippen LogP contribution in [0.3, 0.4) is 0 Å². The van der Waals surface area contributed by atoms with Crippen molar-refractivity contribution in [1.29, 1.82) is 0 Å². The molecule has 1 saturated carbocycles. The van der Waals surface area contributed by atoms with Crippen LogP contribution in [0.4, 0.5) is 0 Å². The molecule has 1 N–H and O–H groups in total. The van der Waals surface area contributed by atoms with Crippen molar-refractivity contribution in [2.45, 2.75) is 45.3 Å². The molecule has 1 aromatic carbocycles. The number of hydrogen-bond donors (Lipinski definition) is 1. The van der Waals surface area contributed by atoms with E-state index < -0.39 is 0 Å². The minimum absolute atomic E-state index is 0.00880. The molecule has 2 rings (SSSR count). The Morgan fingerprint density at radius 2 is 2.07 bits per heavy atom. The molecule has 0 bridgehead atoms. The van der Waals surface area contributed by atoms with Gasteiger partial charge >= 0.3 is 0 Å². The summed E-state index contributed by atoms with van der Waals surface area (Å²) >= 11 is 0. The summed E-state index contributed by atoms with van der Waals surface area (Å²) in [6, 6.07) is 6.06. The fraction of sp³-hybridized carbons (Fsp3) is 0.538. The van der Waals surface area contributed by atoms with Gasteiger partial charge in [-0.15, -0.1) is 0 Å². The highest BCUT2D eigenvalue weighted by molar-refractivity contribution is 5.38. The summed E-state index contributed by atoms with van der Waals surface area (Å²) in [5.41, 5.74) is 2.41. The first-order valence-electron chi connectivity index (χ1n) is 5.59. The Bertz CT molecular complexity index is 346. The van der Waals surface area contributed by atoms with Crippen LogP contribution in [0.5, 0.6) is 5.75 Å². The highest BCUT2D eigenvalue weighted by Crippen LogP contribution is 2.27. The predicted octanol–water partition coefficient (Wildman–Crippen LogP) is 2.60. The monoisotopic (exact) mass is 206 g/mol. The first kappa shape index (κ1) is 10.5. The molecule has 1 aromatic rings. The van der Waals surface area contributed by atoms with Gasteiger partial charge in [-0.2, -0.15) is 0 Å². The van der Waals surface area contributed by atoms with Crippen molar-refractivity contribution in [3.63, 3.8) is 0 Å². The molecule has 1 aliphatic rings. The third-order valence-electron chi connectivity index (χ3n) is 3.25. The van der Waals surface area contributed by atoms with E-state index in [-0.39, 0.29) is 12.2 Å². The standard InChI is InChI=1S/C13H18O2/c1-9-5-3-7-12(10(9)2)15-13-8-4-6-11(13)14/h3,5,7,11,13-14H,4,6,8H2,1-2H3. The maximum absolute atomic E-state index is 9.69. The second-order valence-corrected chi connectivity index (χ2v) is 4.35. The summed E-state index contributed by atoms with van der Waals surface area (Å²) in [7, 11) is 0. The Labute approximate surface area is 90.9 Å². The minimum atomic E-state index is -0.287. The normalized spacial score (nSPS) is 25.5. The molecular weight excluding hydrogens is 188 g/mol. The predicted molar refractivity (Wildman–Crippen MR) is 60.2 cm³/mol. The lowest BCUT2D eigenvalue weighted by molar-refractivity contribution is 0.0599. The zero-order valence-corrected chi connectivity index (χ0v) is 9.36. The summed E-state index contributed by atoms with van der Waals surface area (Å²) in [5.74, 6) is 0.918. The van der Waals surface area contributed by atoms with Crippen LogP contribution in [0.1, 0.15) is 30.4 Å². The molecular formula is C13H18O2. The third-order valence-corrected chi connectivity index (χ3v) is 3.25. The Kier molecular flexibility index (Phi) is 2.96. The van der Waals surface area contributed by atoms with E-state index in [4.69, 9.17) is 4.74 Å². The largest absolute Gasteiger partial charge is 0.487 e. The van der Waals surface area contributed by atoms with Crippen LogP contribution in [0.15, 0.2) is 18.2 Å². The number of rotatable bonds is 2. The Hall–Kier alpha value is -1.02. The van der Waals surface area contributed by atoms with Crippen molar-refractivity contribution in [3.05, 3.63) is 29.3 Å². The maximum Gasteiger partial charge on any atom is 0.124 e. The van der Waals surface area contributed by atoms with Gasteiger partial charge in [0.25, 0.3) is 0 Å². The van der Waals surface area contributed by atoms with E-state index in [1.54, 1.807) is 0 Å². The van der Waals surface area contributed by atoms with Gasteiger partial charge in [0.1, 0.15) is 11.9 Å². The second kappa shape index (κ2) is 4.23. The quantitative estimate of drug-likeness (QED) is 0.806. The molecule has 2 atom stereocenters. The van der Waals surface area contributed by atoms with E-state index in [0.29, 0.717) is 0 Å². The van der Waals surface area contributed by atoms with Gasteiger partial charge in [0, 0.05) is 0 Å². The molecule has 2 heteroatoms. The van der Waals surface area contributed by atoms with Gasteiger partial charge in [-0.1, -0.05) is 12.1 Å². The van der Waals surface area contributed by atoms with Crippen molar-refractivity contribution in [2.75, 3.05) is 0 Å². The van der Waals surface area contributed by atoms with E-state index in [1.807, 2.05) is 12.1 Å². The number of benzene rings is 1. The lowest BCUT2D eigenvalue weighted by Gasteiger charge is -2.19. The molecule has 82 valence electrons. The Balaban J connectivity index is 2.13. The van der Waals surface area contributed by atoms with Gasteiger partial charge in [0.15, 0.2) is 0 Å². The molecule has 0 amide bonds. The zero-order chi connectivity index (χ0) is 10.8. The smallest absolute Gasteiger partial charge is 0.124 e. The van der Waals surface area contributed by atoms with E-state index in [1.165, 1.54) is 11.1 Å². The van der Waals surface area contributed by atoms with Crippen molar-refractivity contribution in [1.82, 2.24) is 0 Å². The summed E-state index contributed by atoms with van der Waals surface area (Å²) in [5, 5.41) is 9.69. The van der Waals surface area contributed by atoms with Gasteiger partial charge in [-0.3, -0.25) is 0 Å². The summed E-state index contributed by atoms with van der Waals surface area (Å²) in [6.07, 6.45) is 2.61. The first-order valence-corrected chi connectivity index (χ1v) is 5.59. The third kappa shape index (κ3) is 2.15. The van der Waals surface area contributed by atoms with Gasteiger partial charge in [0.2, 0.25) is 0 Å². The van der Waals surface area contributed by atoms with Crippen LogP contribution in [-0.2, 0) is 0 Å². The average Bonchev–Trinajstić information content (AvgIpc) is 2.60. The van der Waals surface area contributed by atoms with Crippen LogP contribution < -0.4 is 4.74 Å². The van der Waals surface area contributed by atoms with Crippen molar-refractivity contribution in [3.8, 4) is 5.75 Å². The van der Waals surface area contributed by atoms with Crippen LogP contribution in [0.2, 0.25) is 0 Å². The van der Waals surface area contributed by atoms with Crippen LogP contribution in [0, 0.1) is 13.8 Å². The molecule has 1 aliphatic carbocycles. The number of aliphatic hydroxyl groups excluding tert-OH is 1. The Morgan fingerprint density at radius 3 is 2.73 bits per heavy atom. The molecule has 0 heterocycles. The van der Waals surface area contributed by atoms with E-state index in [9.17, 15) is 5.11 Å². The van der Waals surface area contributed by atoms with Crippen molar-refractivity contribution in [2.24, 2.45) is 0 Å². The zero-order valence-electron chi connectivity index (χ0n) is 9.36. The van der Waals surface area contributed by atoms with Gasteiger partial charge in [0.05, 0.1) is 6.10 Å². The maximum atomic E-state index is 9.69. The number of aliphatic hydroxyl groups is 1. The molecule has 0 aliphatic heterocycles. The van der Waals surface area contributed by atoms with Gasteiger partial charge < -0.3 is 9.84 Å².